The minimum Gasteiger partial charge on any atom is -0.312 e. The van der Waals surface area contributed by atoms with Crippen LogP contribution in [0.5, 0.6) is 0 Å². The summed E-state index contributed by atoms with van der Waals surface area (Å²) in [4.78, 5) is 26.1. The van der Waals surface area contributed by atoms with Crippen molar-refractivity contribution in [3.05, 3.63) is 44.5 Å². The van der Waals surface area contributed by atoms with Gasteiger partial charge in [0.05, 0.1) is 16.4 Å². The Kier molecular flexibility index (Phi) is 3.82. The molecule has 1 aliphatic heterocycles. The van der Waals surface area contributed by atoms with E-state index in [0.717, 1.165) is 0 Å². The molecule has 0 aromatic heterocycles. The molecule has 6 nitrogen and oxygen atoms in total. The van der Waals surface area contributed by atoms with Gasteiger partial charge in [-0.2, -0.15) is 0 Å². The number of halogens is 2. The van der Waals surface area contributed by atoms with Crippen LogP contribution in [0.25, 0.3) is 6.08 Å². The average Bonchev–Trinajstić information content (AvgIpc) is 2.73. The van der Waals surface area contributed by atoms with Crippen LogP contribution in [0.3, 0.4) is 0 Å². The molecule has 0 saturated heterocycles. The number of nitrogens with zero attached hydrogens (tertiary/aromatic N) is 2. The first kappa shape index (κ1) is 13.5. The van der Waals surface area contributed by atoms with Gasteiger partial charge in [0.25, 0.3) is 5.69 Å². The van der Waals surface area contributed by atoms with Gasteiger partial charge in [-0.05, 0) is 12.1 Å². The van der Waals surface area contributed by atoms with E-state index < -0.39 is 10.9 Å². The van der Waals surface area contributed by atoms with Crippen LogP contribution in [0, 0.1) is 10.1 Å². The van der Waals surface area contributed by atoms with Crippen molar-refractivity contribution in [2.45, 2.75) is 0 Å². The smallest absolute Gasteiger partial charge is 0.312 e. The van der Waals surface area contributed by atoms with Crippen molar-refractivity contribution in [1.82, 2.24) is 0 Å². The number of carbonyl (C=O) groups excluding carboxylic acids is 1. The molecule has 2 rings (SSSR count). The molecule has 0 spiro atoms. The van der Waals surface area contributed by atoms with Crippen LogP contribution in [-0.4, -0.2) is 22.5 Å². The lowest BCUT2D eigenvalue weighted by atomic mass is 10.1. The lowest BCUT2D eigenvalue weighted by Crippen LogP contribution is -2.06. The molecule has 98 valence electrons. The summed E-state index contributed by atoms with van der Waals surface area (Å²) in [5, 5.41) is 14.5. The molecule has 0 bridgehead atoms. The van der Waals surface area contributed by atoms with Crippen molar-refractivity contribution in [1.29, 1.82) is 0 Å². The molecule has 0 aliphatic carbocycles. The zero-order valence-electron chi connectivity index (χ0n) is 9.30. The number of hydrogen-bond acceptors (Lipinski definition) is 5. The highest BCUT2D eigenvalue weighted by Crippen LogP contribution is 2.26. The maximum absolute atomic E-state index is 11.4. The quantitative estimate of drug-likeness (QED) is 0.282. The lowest BCUT2D eigenvalue weighted by Gasteiger charge is -2.00. The Morgan fingerprint density at radius 1 is 1.47 bits per heavy atom. The van der Waals surface area contributed by atoms with E-state index in [2.05, 4.69) is 9.99 Å². The molecule has 19 heavy (non-hydrogen) atoms. The van der Waals surface area contributed by atoms with Crippen molar-refractivity contribution in [2.24, 2.45) is 5.16 Å². The van der Waals surface area contributed by atoms with E-state index in [1.54, 1.807) is 0 Å². The highest BCUT2D eigenvalue weighted by molar-refractivity contribution is 6.39. The first-order valence-corrected chi connectivity index (χ1v) is 5.94. The van der Waals surface area contributed by atoms with Gasteiger partial charge in [-0.1, -0.05) is 16.8 Å². The molecule has 0 fully saturated rings. The van der Waals surface area contributed by atoms with Crippen molar-refractivity contribution >= 4 is 46.6 Å². The van der Waals surface area contributed by atoms with Crippen LogP contribution in [0.4, 0.5) is 5.69 Å². The van der Waals surface area contributed by atoms with Gasteiger partial charge in [-0.3, -0.25) is 10.1 Å². The molecule has 1 aromatic rings. The number of nitro groups is 1. The maximum atomic E-state index is 11.4. The minimum atomic E-state index is -0.668. The molecule has 0 N–H and O–H groups in total. The summed E-state index contributed by atoms with van der Waals surface area (Å²) >= 11 is 11.5. The monoisotopic (exact) mass is 300 g/mol. The van der Waals surface area contributed by atoms with Gasteiger partial charge < -0.3 is 4.84 Å². The number of carbonyl (C=O) groups is 1. The summed E-state index contributed by atoms with van der Waals surface area (Å²) in [5.41, 5.74) is 0.584. The molecule has 0 amide bonds. The van der Waals surface area contributed by atoms with Gasteiger partial charge in [0.15, 0.2) is 0 Å². The van der Waals surface area contributed by atoms with E-state index in [4.69, 9.17) is 23.2 Å². The average molecular weight is 301 g/mol. The van der Waals surface area contributed by atoms with Gasteiger partial charge in [0.1, 0.15) is 5.71 Å². The molecule has 1 aliphatic rings. The molecular weight excluding hydrogens is 295 g/mol. The van der Waals surface area contributed by atoms with E-state index >= 15 is 0 Å². The molecule has 8 heteroatoms. The fourth-order valence-corrected chi connectivity index (χ4v) is 1.83. The largest absolute Gasteiger partial charge is 0.367 e. The van der Waals surface area contributed by atoms with Gasteiger partial charge in [0, 0.05) is 22.7 Å². The zero-order valence-corrected chi connectivity index (χ0v) is 10.8. The topological polar surface area (TPSA) is 81.8 Å². The van der Waals surface area contributed by atoms with E-state index in [1.807, 2.05) is 0 Å². The Morgan fingerprint density at radius 2 is 2.21 bits per heavy atom. The third-order valence-corrected chi connectivity index (χ3v) is 2.98. The summed E-state index contributed by atoms with van der Waals surface area (Å²) in [6.07, 6.45) is 1.37. The summed E-state index contributed by atoms with van der Waals surface area (Å²) in [6, 6.07) is 3.91. The molecule has 1 heterocycles. The Balaban J connectivity index is 2.47. The van der Waals surface area contributed by atoms with Gasteiger partial charge in [0.2, 0.25) is 0 Å². The van der Waals surface area contributed by atoms with Crippen LogP contribution in [0.15, 0.2) is 28.9 Å². The minimum absolute atomic E-state index is 0.00980. The normalized spacial score (nSPS) is 16.4. The van der Waals surface area contributed by atoms with Crippen LogP contribution >= 0.6 is 23.2 Å². The van der Waals surface area contributed by atoms with Crippen molar-refractivity contribution in [2.75, 3.05) is 5.88 Å². The molecule has 1 aromatic carbocycles. The third-order valence-electron chi connectivity index (χ3n) is 2.39. The lowest BCUT2D eigenvalue weighted by molar-refractivity contribution is -0.384. The number of benzene rings is 1. The standard InChI is InChI=1S/C11H6Cl2N2O4/c12-5-10-8(11(16)19-14-10)4-6-3-7(15(17)18)1-2-9(6)13/h1-4H,5H2. The highest BCUT2D eigenvalue weighted by Gasteiger charge is 2.25. The first-order chi connectivity index (χ1) is 9.02. The third kappa shape index (κ3) is 2.74. The zero-order chi connectivity index (χ0) is 14.0. The van der Waals surface area contributed by atoms with Crippen LogP contribution in [-0.2, 0) is 9.63 Å². The Morgan fingerprint density at radius 3 is 2.84 bits per heavy atom. The number of rotatable bonds is 3. The van der Waals surface area contributed by atoms with E-state index in [-0.39, 0.29) is 27.9 Å². The van der Waals surface area contributed by atoms with Gasteiger partial charge in [-0.15, -0.1) is 11.6 Å². The SMILES string of the molecule is O=C1ON=C(CCl)C1=Cc1cc([N+](=O)[O-])ccc1Cl. The van der Waals surface area contributed by atoms with Crippen molar-refractivity contribution in [3.8, 4) is 0 Å². The number of alkyl halides is 1. The highest BCUT2D eigenvalue weighted by atomic mass is 35.5. The number of hydrogen-bond donors (Lipinski definition) is 0. The van der Waals surface area contributed by atoms with Gasteiger partial charge in [-0.25, -0.2) is 4.79 Å². The maximum Gasteiger partial charge on any atom is 0.367 e. The summed E-state index contributed by atoms with van der Waals surface area (Å²) < 4.78 is 0. The molecule has 0 unspecified atom stereocenters. The summed E-state index contributed by atoms with van der Waals surface area (Å²) in [6.45, 7) is 0. The molecule has 0 radical (unpaired) electrons. The number of non-ortho nitro benzene ring substituents is 1. The summed E-state index contributed by atoms with van der Waals surface area (Å²) in [7, 11) is 0. The second-order valence-electron chi connectivity index (χ2n) is 3.57. The van der Waals surface area contributed by atoms with Gasteiger partial charge >= 0.3 is 5.97 Å². The predicted octanol–water partition coefficient (Wildman–Crippen LogP) is 2.78. The number of nitro benzene ring substituents is 1. The number of oxime groups is 1. The first-order valence-electron chi connectivity index (χ1n) is 5.03. The molecule has 0 saturated carbocycles. The Hall–Kier alpha value is -1.92. The van der Waals surface area contributed by atoms with Crippen LogP contribution < -0.4 is 0 Å². The van der Waals surface area contributed by atoms with Crippen LogP contribution in [0.1, 0.15) is 5.56 Å². The van der Waals surface area contributed by atoms with E-state index in [0.29, 0.717) is 5.56 Å². The summed E-state index contributed by atoms with van der Waals surface area (Å²) in [5.74, 6) is -0.678. The van der Waals surface area contributed by atoms with E-state index in [1.165, 1.54) is 24.3 Å². The van der Waals surface area contributed by atoms with Crippen LogP contribution in [0.2, 0.25) is 5.02 Å². The van der Waals surface area contributed by atoms with Crippen molar-refractivity contribution < 1.29 is 14.6 Å². The molecule has 0 atom stereocenters. The predicted molar refractivity (Wildman–Crippen MR) is 70.3 cm³/mol. The van der Waals surface area contributed by atoms with E-state index in [9.17, 15) is 14.9 Å². The Labute approximate surface area is 117 Å². The molecular formula is C11H6Cl2N2O4. The fourth-order valence-electron chi connectivity index (χ4n) is 1.46. The second-order valence-corrected chi connectivity index (χ2v) is 4.25. The Bertz CT molecular complexity index is 625. The second kappa shape index (κ2) is 5.38. The fraction of sp³-hybridized carbons (Fsp3) is 0.0909. The van der Waals surface area contributed by atoms with Crippen molar-refractivity contribution in [3.63, 3.8) is 0 Å².